The summed E-state index contributed by atoms with van der Waals surface area (Å²) in [5.74, 6) is 0. The van der Waals surface area contributed by atoms with Crippen molar-refractivity contribution in [1.29, 1.82) is 0 Å². The lowest BCUT2D eigenvalue weighted by Crippen LogP contribution is -1.96. The van der Waals surface area contributed by atoms with Gasteiger partial charge in [-0.1, -0.05) is 30.3 Å². The zero-order valence-electron chi connectivity index (χ0n) is 18.2. The van der Waals surface area contributed by atoms with Crippen molar-refractivity contribution in [3.05, 3.63) is 116 Å². The molecule has 0 atom stereocenters. The molecule has 4 nitrogen and oxygen atoms in total. The third-order valence-electron chi connectivity index (χ3n) is 6.41. The second-order valence-electron chi connectivity index (χ2n) is 8.43. The van der Waals surface area contributed by atoms with Crippen molar-refractivity contribution >= 4 is 32.8 Å². The number of furan rings is 1. The maximum absolute atomic E-state index is 5.72. The van der Waals surface area contributed by atoms with Crippen LogP contribution in [0.3, 0.4) is 0 Å². The van der Waals surface area contributed by atoms with Crippen molar-refractivity contribution in [2.75, 3.05) is 0 Å². The number of hydrogen-bond donors (Lipinski definition) is 0. The number of rotatable bonds is 3. The molecule has 0 saturated heterocycles. The van der Waals surface area contributed by atoms with Gasteiger partial charge in [0.05, 0.1) is 17.3 Å². The van der Waals surface area contributed by atoms with Gasteiger partial charge in [0.1, 0.15) is 5.58 Å². The lowest BCUT2D eigenvalue weighted by atomic mass is 9.99. The van der Waals surface area contributed by atoms with Crippen molar-refractivity contribution in [2.24, 2.45) is 0 Å². The molecule has 160 valence electrons. The molecule has 3 aromatic carbocycles. The van der Waals surface area contributed by atoms with Crippen molar-refractivity contribution in [3.63, 3.8) is 0 Å². The minimum atomic E-state index is 0.899. The molecule has 0 aliphatic heterocycles. The Hall–Kier alpha value is -4.70. The van der Waals surface area contributed by atoms with E-state index in [0.29, 0.717) is 0 Å². The normalized spacial score (nSPS) is 11.5. The smallest absolute Gasteiger partial charge is 0.134 e. The highest BCUT2D eigenvalue weighted by atomic mass is 16.3. The summed E-state index contributed by atoms with van der Waals surface area (Å²) in [6.07, 6.45) is 9.18. The minimum Gasteiger partial charge on any atom is -0.464 e. The number of fused-ring (bicyclic) bond motifs is 4. The van der Waals surface area contributed by atoms with Gasteiger partial charge in [-0.05, 0) is 65.7 Å². The molecule has 0 aliphatic rings. The van der Waals surface area contributed by atoms with E-state index in [4.69, 9.17) is 4.42 Å². The van der Waals surface area contributed by atoms with E-state index in [0.717, 1.165) is 49.9 Å². The molecular formula is C30H19N3O. The Morgan fingerprint density at radius 2 is 1.32 bits per heavy atom. The number of hydrogen-bond acceptors (Lipinski definition) is 3. The second kappa shape index (κ2) is 7.42. The summed E-state index contributed by atoms with van der Waals surface area (Å²) < 4.78 is 8.06. The van der Waals surface area contributed by atoms with Gasteiger partial charge in [-0.25, -0.2) is 0 Å². The standard InChI is InChI=1S/C30H19N3O/c1-2-8-28-26(7-1)27-17-30-20(9-12-34-30)16-29(27)33(28)25-14-23(21-5-3-10-31-18-21)13-24(15-25)22-6-4-11-32-19-22/h1-19H. The highest BCUT2D eigenvalue weighted by Gasteiger charge is 2.16. The largest absolute Gasteiger partial charge is 0.464 e. The van der Waals surface area contributed by atoms with Gasteiger partial charge in [-0.15, -0.1) is 0 Å². The van der Waals surface area contributed by atoms with Gasteiger partial charge in [-0.2, -0.15) is 0 Å². The molecule has 0 aliphatic carbocycles. The molecule has 4 aromatic heterocycles. The topological polar surface area (TPSA) is 43.9 Å². The first-order valence-corrected chi connectivity index (χ1v) is 11.2. The predicted octanol–water partition coefficient (Wildman–Crippen LogP) is 7.65. The van der Waals surface area contributed by atoms with Gasteiger partial charge < -0.3 is 8.98 Å². The van der Waals surface area contributed by atoms with Crippen LogP contribution in [0, 0.1) is 0 Å². The van der Waals surface area contributed by atoms with Crippen LogP contribution in [0.4, 0.5) is 0 Å². The molecule has 0 amide bonds. The summed E-state index contributed by atoms with van der Waals surface area (Å²) >= 11 is 0. The van der Waals surface area contributed by atoms with Gasteiger partial charge in [0, 0.05) is 57.8 Å². The third kappa shape index (κ3) is 2.93. The first-order valence-electron chi connectivity index (χ1n) is 11.2. The first kappa shape index (κ1) is 18.8. The fourth-order valence-electron chi connectivity index (χ4n) is 4.84. The van der Waals surface area contributed by atoms with E-state index >= 15 is 0 Å². The minimum absolute atomic E-state index is 0.899. The van der Waals surface area contributed by atoms with E-state index in [1.807, 2.05) is 30.6 Å². The average Bonchev–Trinajstić information content (AvgIpc) is 3.50. The van der Waals surface area contributed by atoms with Crippen LogP contribution in [0.25, 0.3) is 60.7 Å². The highest BCUT2D eigenvalue weighted by molar-refractivity contribution is 6.13. The summed E-state index contributed by atoms with van der Waals surface area (Å²) in [7, 11) is 0. The van der Waals surface area contributed by atoms with Crippen LogP contribution >= 0.6 is 0 Å². The first-order chi connectivity index (χ1) is 16.8. The molecule has 7 aromatic rings. The average molecular weight is 438 g/mol. The molecular weight excluding hydrogens is 418 g/mol. The lowest BCUT2D eigenvalue weighted by Gasteiger charge is -2.13. The van der Waals surface area contributed by atoms with Gasteiger partial charge in [-0.3, -0.25) is 9.97 Å². The van der Waals surface area contributed by atoms with Crippen molar-refractivity contribution < 1.29 is 4.42 Å². The molecule has 0 radical (unpaired) electrons. The molecule has 0 bridgehead atoms. The molecule has 0 saturated carbocycles. The number of aromatic nitrogens is 3. The molecule has 34 heavy (non-hydrogen) atoms. The maximum Gasteiger partial charge on any atom is 0.134 e. The van der Waals surface area contributed by atoms with Gasteiger partial charge in [0.15, 0.2) is 0 Å². The van der Waals surface area contributed by atoms with Crippen LogP contribution in [0.15, 0.2) is 120 Å². The third-order valence-corrected chi connectivity index (χ3v) is 6.41. The van der Waals surface area contributed by atoms with E-state index in [2.05, 4.69) is 81.3 Å². The second-order valence-corrected chi connectivity index (χ2v) is 8.43. The van der Waals surface area contributed by atoms with E-state index in [1.54, 1.807) is 18.7 Å². The van der Waals surface area contributed by atoms with E-state index < -0.39 is 0 Å². The van der Waals surface area contributed by atoms with Crippen LogP contribution in [0.1, 0.15) is 0 Å². The van der Waals surface area contributed by atoms with Gasteiger partial charge >= 0.3 is 0 Å². The molecule has 0 N–H and O–H groups in total. The number of para-hydroxylation sites is 1. The van der Waals surface area contributed by atoms with Gasteiger partial charge in [0.25, 0.3) is 0 Å². The van der Waals surface area contributed by atoms with Crippen LogP contribution in [0.5, 0.6) is 0 Å². The van der Waals surface area contributed by atoms with E-state index in [-0.39, 0.29) is 0 Å². The van der Waals surface area contributed by atoms with Crippen LogP contribution in [-0.4, -0.2) is 14.5 Å². The number of pyridine rings is 2. The fraction of sp³-hybridized carbons (Fsp3) is 0. The summed E-state index contributed by atoms with van der Waals surface area (Å²) in [6, 6.07) is 29.7. The fourth-order valence-corrected chi connectivity index (χ4v) is 4.84. The SMILES string of the molecule is c1cncc(-c2cc(-c3cccnc3)cc(-n3c4ccccc4c4cc5occc5cc43)c2)c1. The Balaban J connectivity index is 1.59. The molecule has 0 fully saturated rings. The number of benzene rings is 3. The molecule has 0 unspecified atom stereocenters. The molecule has 7 rings (SSSR count). The van der Waals surface area contributed by atoms with Crippen LogP contribution in [-0.2, 0) is 0 Å². The summed E-state index contributed by atoms with van der Waals surface area (Å²) in [6.45, 7) is 0. The quantitative estimate of drug-likeness (QED) is 0.285. The monoisotopic (exact) mass is 437 g/mol. The Labute approximate surface area is 195 Å². The van der Waals surface area contributed by atoms with E-state index in [1.165, 1.54) is 10.8 Å². The van der Waals surface area contributed by atoms with Crippen LogP contribution in [0.2, 0.25) is 0 Å². The maximum atomic E-state index is 5.72. The Morgan fingerprint density at radius 3 is 2.03 bits per heavy atom. The van der Waals surface area contributed by atoms with Crippen molar-refractivity contribution in [3.8, 4) is 27.9 Å². The Kier molecular flexibility index (Phi) is 4.11. The Morgan fingerprint density at radius 1 is 0.588 bits per heavy atom. The lowest BCUT2D eigenvalue weighted by molar-refractivity contribution is 0.616. The summed E-state index contributed by atoms with van der Waals surface area (Å²) in [5.41, 5.74) is 8.67. The number of nitrogens with zero attached hydrogens (tertiary/aromatic N) is 3. The molecule has 0 spiro atoms. The summed E-state index contributed by atoms with van der Waals surface area (Å²) in [5, 5.41) is 3.46. The van der Waals surface area contributed by atoms with Gasteiger partial charge in [0.2, 0.25) is 0 Å². The molecule has 4 heteroatoms. The summed E-state index contributed by atoms with van der Waals surface area (Å²) in [4.78, 5) is 8.71. The van der Waals surface area contributed by atoms with E-state index in [9.17, 15) is 0 Å². The van der Waals surface area contributed by atoms with Crippen LogP contribution < -0.4 is 0 Å². The van der Waals surface area contributed by atoms with Crippen molar-refractivity contribution in [2.45, 2.75) is 0 Å². The predicted molar refractivity (Wildman–Crippen MR) is 137 cm³/mol. The Bertz CT molecular complexity index is 1740. The molecule has 4 heterocycles. The highest BCUT2D eigenvalue weighted by Crippen LogP contribution is 2.37. The zero-order chi connectivity index (χ0) is 22.5. The van der Waals surface area contributed by atoms with Crippen molar-refractivity contribution in [1.82, 2.24) is 14.5 Å². The zero-order valence-corrected chi connectivity index (χ0v) is 18.2.